The van der Waals surface area contributed by atoms with Crippen LogP contribution in [0.5, 0.6) is 0 Å². The standard InChI is InChI=1S/C18H19ClN4S/c1-2-22-7-9-23(10-8-22)18-14-6-5-13(19)12-15(14)20-17(21-18)16-4-3-11-24-16/h3-6,11-12H,2,7-10H2,1H3/p+1. The molecule has 0 aliphatic carbocycles. The molecule has 0 bridgehead atoms. The van der Waals surface area contributed by atoms with Crippen LogP contribution in [0.4, 0.5) is 5.82 Å². The van der Waals surface area contributed by atoms with E-state index in [1.54, 1.807) is 16.2 Å². The molecule has 1 aromatic carbocycles. The van der Waals surface area contributed by atoms with Crippen molar-refractivity contribution < 1.29 is 4.90 Å². The van der Waals surface area contributed by atoms with Gasteiger partial charge in [0.25, 0.3) is 0 Å². The molecule has 2 aromatic heterocycles. The van der Waals surface area contributed by atoms with Crippen LogP contribution in [-0.2, 0) is 0 Å². The molecular formula is C18H20ClN4S+. The minimum atomic E-state index is 0.713. The Hall–Kier alpha value is -1.69. The topological polar surface area (TPSA) is 33.5 Å². The van der Waals surface area contributed by atoms with Crippen molar-refractivity contribution in [1.29, 1.82) is 0 Å². The van der Waals surface area contributed by atoms with E-state index in [4.69, 9.17) is 21.6 Å². The van der Waals surface area contributed by atoms with Gasteiger partial charge in [-0.15, -0.1) is 11.3 Å². The third-order valence-electron chi connectivity index (χ3n) is 4.65. The fourth-order valence-electron chi connectivity index (χ4n) is 3.23. The SMILES string of the molecule is CC[NH+]1CCN(c2nc(-c3cccs3)nc3cc(Cl)ccc23)CC1. The summed E-state index contributed by atoms with van der Waals surface area (Å²) in [5.41, 5.74) is 0.918. The lowest BCUT2D eigenvalue weighted by molar-refractivity contribution is -0.898. The number of rotatable bonds is 3. The van der Waals surface area contributed by atoms with Gasteiger partial charge in [-0.05, 0) is 36.6 Å². The van der Waals surface area contributed by atoms with E-state index in [1.807, 2.05) is 24.3 Å². The Kier molecular flexibility index (Phi) is 4.39. The second-order valence-corrected chi connectivity index (χ2v) is 7.48. The highest BCUT2D eigenvalue weighted by Gasteiger charge is 2.22. The van der Waals surface area contributed by atoms with Crippen molar-refractivity contribution >= 4 is 39.7 Å². The zero-order valence-electron chi connectivity index (χ0n) is 13.6. The zero-order valence-corrected chi connectivity index (χ0v) is 15.2. The summed E-state index contributed by atoms with van der Waals surface area (Å²) in [4.78, 5) is 14.8. The third-order valence-corrected chi connectivity index (χ3v) is 5.75. The number of nitrogens with one attached hydrogen (secondary N) is 1. The molecule has 1 saturated heterocycles. The van der Waals surface area contributed by atoms with Gasteiger partial charge in [0, 0.05) is 10.4 Å². The number of hydrogen-bond acceptors (Lipinski definition) is 4. The maximum absolute atomic E-state index is 6.20. The summed E-state index contributed by atoms with van der Waals surface area (Å²) in [7, 11) is 0. The van der Waals surface area contributed by atoms with Crippen molar-refractivity contribution in [2.75, 3.05) is 37.6 Å². The van der Waals surface area contributed by atoms with Crippen LogP contribution in [-0.4, -0.2) is 42.7 Å². The summed E-state index contributed by atoms with van der Waals surface area (Å²) in [6.07, 6.45) is 0. The molecule has 124 valence electrons. The molecule has 0 atom stereocenters. The predicted molar refractivity (Wildman–Crippen MR) is 101 cm³/mol. The van der Waals surface area contributed by atoms with E-state index in [-0.39, 0.29) is 0 Å². The molecule has 1 N–H and O–H groups in total. The number of likely N-dealkylation sites (N-methyl/N-ethyl adjacent to an activating group) is 1. The molecule has 6 heteroatoms. The molecular weight excluding hydrogens is 340 g/mol. The molecule has 0 radical (unpaired) electrons. The molecule has 1 aliphatic heterocycles. The number of nitrogens with zero attached hydrogens (tertiary/aromatic N) is 3. The summed E-state index contributed by atoms with van der Waals surface area (Å²) in [5.74, 6) is 1.83. The predicted octanol–water partition coefficient (Wildman–Crippen LogP) is 2.74. The molecule has 3 aromatic rings. The van der Waals surface area contributed by atoms with Crippen molar-refractivity contribution in [3.05, 3.63) is 40.7 Å². The molecule has 0 saturated carbocycles. The molecule has 1 fully saturated rings. The first-order valence-corrected chi connectivity index (χ1v) is 9.60. The van der Waals surface area contributed by atoms with E-state index >= 15 is 0 Å². The summed E-state index contributed by atoms with van der Waals surface area (Å²) >= 11 is 7.86. The number of anilines is 1. The molecule has 24 heavy (non-hydrogen) atoms. The van der Waals surface area contributed by atoms with Crippen molar-refractivity contribution in [3.8, 4) is 10.7 Å². The Balaban J connectivity index is 1.81. The van der Waals surface area contributed by atoms with Gasteiger partial charge in [0.1, 0.15) is 5.82 Å². The number of fused-ring (bicyclic) bond motifs is 1. The maximum Gasteiger partial charge on any atom is 0.172 e. The molecule has 4 nitrogen and oxygen atoms in total. The average molecular weight is 360 g/mol. The molecule has 0 spiro atoms. The van der Waals surface area contributed by atoms with Crippen LogP contribution < -0.4 is 9.80 Å². The van der Waals surface area contributed by atoms with Gasteiger partial charge in [-0.1, -0.05) is 17.7 Å². The van der Waals surface area contributed by atoms with Crippen molar-refractivity contribution in [2.45, 2.75) is 6.92 Å². The van der Waals surface area contributed by atoms with Gasteiger partial charge in [0.15, 0.2) is 5.82 Å². The van der Waals surface area contributed by atoms with E-state index in [2.05, 4.69) is 23.3 Å². The van der Waals surface area contributed by atoms with Crippen LogP contribution >= 0.6 is 22.9 Å². The molecule has 1 aliphatic rings. The lowest BCUT2D eigenvalue weighted by Gasteiger charge is -2.33. The van der Waals surface area contributed by atoms with Crippen LogP contribution in [0.15, 0.2) is 35.7 Å². The minimum absolute atomic E-state index is 0.713. The monoisotopic (exact) mass is 359 g/mol. The van der Waals surface area contributed by atoms with Crippen molar-refractivity contribution in [1.82, 2.24) is 9.97 Å². The van der Waals surface area contributed by atoms with Crippen LogP contribution in [0.3, 0.4) is 0 Å². The van der Waals surface area contributed by atoms with Crippen LogP contribution in [0.1, 0.15) is 6.92 Å². The highest BCUT2D eigenvalue weighted by atomic mass is 35.5. The maximum atomic E-state index is 6.20. The number of halogens is 1. The van der Waals surface area contributed by atoms with Gasteiger partial charge in [-0.2, -0.15) is 0 Å². The van der Waals surface area contributed by atoms with Gasteiger partial charge in [0.05, 0.1) is 43.1 Å². The lowest BCUT2D eigenvalue weighted by atomic mass is 10.2. The van der Waals surface area contributed by atoms with E-state index in [0.717, 1.165) is 53.6 Å². The van der Waals surface area contributed by atoms with Crippen LogP contribution in [0, 0.1) is 0 Å². The van der Waals surface area contributed by atoms with Gasteiger partial charge in [-0.25, -0.2) is 9.97 Å². The molecule has 0 unspecified atom stereocenters. The molecule has 0 amide bonds. The first-order valence-electron chi connectivity index (χ1n) is 8.34. The number of thiophene rings is 1. The zero-order chi connectivity index (χ0) is 16.5. The van der Waals surface area contributed by atoms with E-state index in [0.29, 0.717) is 5.02 Å². The highest BCUT2D eigenvalue weighted by Crippen LogP contribution is 2.30. The highest BCUT2D eigenvalue weighted by molar-refractivity contribution is 7.13. The summed E-state index contributed by atoms with van der Waals surface area (Å²) in [5, 5.41) is 3.85. The van der Waals surface area contributed by atoms with Gasteiger partial charge in [0.2, 0.25) is 0 Å². The van der Waals surface area contributed by atoms with Gasteiger partial charge in [-0.3, -0.25) is 0 Å². The summed E-state index contributed by atoms with van der Waals surface area (Å²) in [6.45, 7) is 7.81. The Labute approximate surface area is 150 Å². The lowest BCUT2D eigenvalue weighted by Crippen LogP contribution is -3.14. The first-order chi connectivity index (χ1) is 11.7. The Morgan fingerprint density at radius 1 is 1.21 bits per heavy atom. The third kappa shape index (κ3) is 2.99. The van der Waals surface area contributed by atoms with Gasteiger partial charge >= 0.3 is 0 Å². The Bertz CT molecular complexity index is 842. The summed E-state index contributed by atoms with van der Waals surface area (Å²) in [6, 6.07) is 10.0. The van der Waals surface area contributed by atoms with E-state index in [9.17, 15) is 0 Å². The summed E-state index contributed by atoms with van der Waals surface area (Å²) < 4.78 is 0. The Morgan fingerprint density at radius 3 is 2.75 bits per heavy atom. The minimum Gasteiger partial charge on any atom is -0.345 e. The first kappa shape index (κ1) is 15.8. The van der Waals surface area contributed by atoms with E-state index in [1.165, 1.54) is 6.54 Å². The quantitative estimate of drug-likeness (QED) is 0.780. The van der Waals surface area contributed by atoms with Crippen molar-refractivity contribution in [2.24, 2.45) is 0 Å². The van der Waals surface area contributed by atoms with Crippen LogP contribution in [0.25, 0.3) is 21.6 Å². The number of quaternary nitrogens is 1. The number of piperazine rings is 1. The fraction of sp³-hybridized carbons (Fsp3) is 0.333. The van der Waals surface area contributed by atoms with Crippen molar-refractivity contribution in [3.63, 3.8) is 0 Å². The average Bonchev–Trinajstić information content (AvgIpc) is 3.15. The largest absolute Gasteiger partial charge is 0.345 e. The second kappa shape index (κ2) is 6.67. The number of benzene rings is 1. The molecule has 3 heterocycles. The van der Waals surface area contributed by atoms with E-state index < -0.39 is 0 Å². The number of aromatic nitrogens is 2. The smallest absolute Gasteiger partial charge is 0.172 e. The fourth-order valence-corrected chi connectivity index (χ4v) is 4.06. The Morgan fingerprint density at radius 2 is 2.04 bits per heavy atom. The molecule has 4 rings (SSSR count). The van der Waals surface area contributed by atoms with Gasteiger partial charge < -0.3 is 9.80 Å². The van der Waals surface area contributed by atoms with Crippen LogP contribution in [0.2, 0.25) is 5.02 Å². The number of hydrogen-bond donors (Lipinski definition) is 1. The second-order valence-electron chi connectivity index (χ2n) is 6.10. The normalized spacial score (nSPS) is 16.0.